The van der Waals surface area contributed by atoms with Crippen LogP contribution in [-0.2, 0) is 11.3 Å². The van der Waals surface area contributed by atoms with Gasteiger partial charge in [0.2, 0.25) is 0 Å². The topological polar surface area (TPSA) is 40.5 Å². The molecule has 98 valence electrons. The zero-order valence-corrected chi connectivity index (χ0v) is 11.4. The number of hydrogen-bond acceptors (Lipinski definition) is 2. The first-order chi connectivity index (χ1) is 8.49. The van der Waals surface area contributed by atoms with E-state index >= 15 is 0 Å². The van der Waals surface area contributed by atoms with E-state index in [1.54, 1.807) is 0 Å². The summed E-state index contributed by atoms with van der Waals surface area (Å²) in [7, 11) is 0. The fourth-order valence-electron chi connectivity index (χ4n) is 2.96. The van der Waals surface area contributed by atoms with Crippen LogP contribution in [-0.4, -0.2) is 28.6 Å². The third-order valence-corrected chi connectivity index (χ3v) is 3.85. The quantitative estimate of drug-likeness (QED) is 0.892. The number of carboxylic acids is 1. The van der Waals surface area contributed by atoms with E-state index in [1.807, 2.05) is 0 Å². The summed E-state index contributed by atoms with van der Waals surface area (Å²) in [6.45, 7) is 7.97. The van der Waals surface area contributed by atoms with Crippen molar-refractivity contribution in [1.29, 1.82) is 0 Å². The minimum atomic E-state index is -0.685. The lowest BCUT2D eigenvalue weighted by molar-refractivity contribution is -0.142. The number of nitrogens with zero attached hydrogens (tertiary/aromatic N) is 1. The van der Waals surface area contributed by atoms with Crippen molar-refractivity contribution in [2.75, 3.05) is 6.54 Å². The number of carbonyl (C=O) groups is 1. The lowest BCUT2D eigenvalue weighted by atomic mass is 9.99. The number of rotatable bonds is 3. The van der Waals surface area contributed by atoms with Gasteiger partial charge < -0.3 is 5.11 Å². The van der Waals surface area contributed by atoms with Crippen molar-refractivity contribution in [2.24, 2.45) is 0 Å². The van der Waals surface area contributed by atoms with Gasteiger partial charge in [-0.2, -0.15) is 0 Å². The lowest BCUT2D eigenvalue weighted by Gasteiger charge is -2.23. The van der Waals surface area contributed by atoms with Gasteiger partial charge in [-0.1, -0.05) is 17.7 Å². The van der Waals surface area contributed by atoms with E-state index in [1.165, 1.54) is 22.3 Å². The summed E-state index contributed by atoms with van der Waals surface area (Å²) < 4.78 is 0. The fourth-order valence-corrected chi connectivity index (χ4v) is 2.96. The Balaban J connectivity index is 2.21. The van der Waals surface area contributed by atoms with Crippen LogP contribution in [0.4, 0.5) is 0 Å². The Hall–Kier alpha value is -1.35. The van der Waals surface area contributed by atoms with Crippen molar-refractivity contribution in [3.63, 3.8) is 0 Å². The molecule has 0 radical (unpaired) electrons. The van der Waals surface area contributed by atoms with Gasteiger partial charge in [0.15, 0.2) is 0 Å². The number of aryl methyl sites for hydroxylation is 3. The molecule has 1 aromatic carbocycles. The first-order valence-electron chi connectivity index (χ1n) is 6.52. The Labute approximate surface area is 108 Å². The Bertz CT molecular complexity index is 445. The first-order valence-corrected chi connectivity index (χ1v) is 6.52. The number of benzene rings is 1. The van der Waals surface area contributed by atoms with Crippen LogP contribution in [0.2, 0.25) is 0 Å². The molecule has 1 aliphatic heterocycles. The largest absolute Gasteiger partial charge is 0.480 e. The molecule has 1 unspecified atom stereocenters. The molecule has 0 aromatic heterocycles. The van der Waals surface area contributed by atoms with Gasteiger partial charge in [-0.15, -0.1) is 0 Å². The molecule has 0 amide bonds. The highest BCUT2D eigenvalue weighted by Gasteiger charge is 2.30. The minimum Gasteiger partial charge on any atom is -0.480 e. The third-order valence-electron chi connectivity index (χ3n) is 3.85. The number of hydrogen-bond donors (Lipinski definition) is 1. The molecule has 1 saturated heterocycles. The van der Waals surface area contributed by atoms with Gasteiger partial charge in [0, 0.05) is 6.54 Å². The highest BCUT2D eigenvalue weighted by atomic mass is 16.4. The Morgan fingerprint density at radius 2 is 1.94 bits per heavy atom. The van der Waals surface area contributed by atoms with Crippen LogP contribution in [0.5, 0.6) is 0 Å². The van der Waals surface area contributed by atoms with E-state index in [9.17, 15) is 9.90 Å². The normalized spacial score (nSPS) is 20.3. The Kier molecular flexibility index (Phi) is 3.71. The zero-order valence-electron chi connectivity index (χ0n) is 11.4. The summed E-state index contributed by atoms with van der Waals surface area (Å²) in [5.74, 6) is -0.685. The molecule has 1 fully saturated rings. The number of carboxylic acid groups (broad SMARTS) is 1. The molecule has 18 heavy (non-hydrogen) atoms. The molecule has 3 heteroatoms. The van der Waals surface area contributed by atoms with Gasteiger partial charge in [0.25, 0.3) is 0 Å². The van der Waals surface area contributed by atoms with Gasteiger partial charge in [-0.3, -0.25) is 9.69 Å². The second-order valence-electron chi connectivity index (χ2n) is 5.34. The summed E-state index contributed by atoms with van der Waals surface area (Å²) in [5.41, 5.74) is 5.09. The smallest absolute Gasteiger partial charge is 0.320 e. The molecule has 0 saturated carbocycles. The standard InChI is InChI=1S/C15H21NO2/c1-10-7-11(2)13(12(3)8-10)9-16-6-4-5-14(16)15(17)18/h7-8,14H,4-6,9H2,1-3H3,(H,17,18). The molecule has 0 bridgehead atoms. The molecule has 1 heterocycles. The maximum absolute atomic E-state index is 11.2. The maximum atomic E-state index is 11.2. The van der Waals surface area contributed by atoms with Crippen LogP contribution >= 0.6 is 0 Å². The van der Waals surface area contributed by atoms with Gasteiger partial charge in [-0.25, -0.2) is 0 Å². The van der Waals surface area contributed by atoms with E-state index in [4.69, 9.17) is 0 Å². The van der Waals surface area contributed by atoms with E-state index < -0.39 is 5.97 Å². The van der Waals surface area contributed by atoms with Crippen LogP contribution in [0.1, 0.15) is 35.1 Å². The summed E-state index contributed by atoms with van der Waals surface area (Å²) in [5, 5.41) is 9.20. The summed E-state index contributed by atoms with van der Waals surface area (Å²) >= 11 is 0. The highest BCUT2D eigenvalue weighted by Crippen LogP contribution is 2.24. The van der Waals surface area contributed by atoms with Crippen molar-refractivity contribution in [2.45, 2.75) is 46.2 Å². The molecule has 3 nitrogen and oxygen atoms in total. The molecule has 1 aliphatic rings. The van der Waals surface area contributed by atoms with E-state index in [-0.39, 0.29) is 6.04 Å². The van der Waals surface area contributed by atoms with E-state index in [0.29, 0.717) is 0 Å². The molecule has 0 spiro atoms. The summed E-state index contributed by atoms with van der Waals surface area (Å²) in [6.07, 6.45) is 1.76. The van der Waals surface area contributed by atoms with Crippen LogP contribution < -0.4 is 0 Å². The SMILES string of the molecule is Cc1cc(C)c(CN2CCCC2C(=O)O)c(C)c1. The van der Waals surface area contributed by atoms with E-state index in [0.717, 1.165) is 25.9 Å². The molecular weight excluding hydrogens is 226 g/mol. The molecule has 2 rings (SSSR count). The van der Waals surface area contributed by atoms with Crippen molar-refractivity contribution in [1.82, 2.24) is 4.90 Å². The third kappa shape index (κ3) is 2.56. The average molecular weight is 247 g/mol. The maximum Gasteiger partial charge on any atom is 0.320 e. The van der Waals surface area contributed by atoms with Crippen LogP contribution in [0, 0.1) is 20.8 Å². The Morgan fingerprint density at radius 3 is 2.50 bits per heavy atom. The second kappa shape index (κ2) is 5.11. The summed E-state index contributed by atoms with van der Waals surface area (Å²) in [6, 6.07) is 4.05. The summed E-state index contributed by atoms with van der Waals surface area (Å²) in [4.78, 5) is 13.3. The molecule has 1 N–H and O–H groups in total. The van der Waals surface area contributed by atoms with Gasteiger partial charge in [0.1, 0.15) is 6.04 Å². The van der Waals surface area contributed by atoms with Crippen LogP contribution in [0.3, 0.4) is 0 Å². The average Bonchev–Trinajstić information content (AvgIpc) is 2.71. The van der Waals surface area contributed by atoms with Crippen molar-refractivity contribution < 1.29 is 9.90 Å². The predicted octanol–water partition coefficient (Wildman–Crippen LogP) is 2.66. The number of aliphatic carboxylic acids is 1. The first kappa shape index (κ1) is 13.1. The molecular formula is C15H21NO2. The van der Waals surface area contributed by atoms with Gasteiger partial charge in [-0.05, 0) is 56.8 Å². The van der Waals surface area contributed by atoms with Crippen molar-refractivity contribution in [3.8, 4) is 0 Å². The second-order valence-corrected chi connectivity index (χ2v) is 5.34. The zero-order chi connectivity index (χ0) is 13.3. The highest BCUT2D eigenvalue weighted by molar-refractivity contribution is 5.73. The van der Waals surface area contributed by atoms with E-state index in [2.05, 4.69) is 37.8 Å². The monoisotopic (exact) mass is 247 g/mol. The van der Waals surface area contributed by atoms with Crippen molar-refractivity contribution in [3.05, 3.63) is 34.4 Å². The minimum absolute atomic E-state index is 0.301. The molecule has 0 aliphatic carbocycles. The Morgan fingerprint density at radius 1 is 1.33 bits per heavy atom. The molecule has 1 atom stereocenters. The van der Waals surface area contributed by atoms with Gasteiger partial charge >= 0.3 is 5.97 Å². The lowest BCUT2D eigenvalue weighted by Crippen LogP contribution is -2.35. The van der Waals surface area contributed by atoms with Crippen LogP contribution in [0.15, 0.2) is 12.1 Å². The molecule has 1 aromatic rings. The van der Waals surface area contributed by atoms with Crippen molar-refractivity contribution >= 4 is 5.97 Å². The van der Waals surface area contributed by atoms with Crippen LogP contribution in [0.25, 0.3) is 0 Å². The van der Waals surface area contributed by atoms with Gasteiger partial charge in [0.05, 0.1) is 0 Å². The predicted molar refractivity (Wildman–Crippen MR) is 71.7 cm³/mol. The fraction of sp³-hybridized carbons (Fsp3) is 0.533. The number of likely N-dealkylation sites (tertiary alicyclic amines) is 1.